The molecule has 0 aliphatic rings. The first kappa shape index (κ1) is 13.4. The van der Waals surface area contributed by atoms with Crippen LogP contribution in [0.15, 0.2) is 22.7 Å². The van der Waals surface area contributed by atoms with Crippen molar-refractivity contribution in [1.29, 1.82) is 0 Å². The average molecular weight is 282 g/mol. The van der Waals surface area contributed by atoms with Gasteiger partial charge in [0.05, 0.1) is 19.8 Å². The van der Waals surface area contributed by atoms with E-state index in [0.717, 1.165) is 0 Å². The Kier molecular flexibility index (Phi) is 3.76. The quantitative estimate of drug-likeness (QED) is 0.806. The van der Waals surface area contributed by atoms with Crippen LogP contribution in [-0.2, 0) is 0 Å². The van der Waals surface area contributed by atoms with Gasteiger partial charge in [-0.15, -0.1) is 0 Å². The van der Waals surface area contributed by atoms with E-state index in [1.807, 2.05) is 0 Å². The Balaban J connectivity index is 2.67. The van der Waals surface area contributed by atoms with Crippen molar-refractivity contribution in [1.82, 2.24) is 5.16 Å². The van der Waals surface area contributed by atoms with E-state index in [4.69, 9.17) is 25.6 Å². The first-order valence-corrected chi connectivity index (χ1v) is 5.84. The van der Waals surface area contributed by atoms with E-state index in [-0.39, 0.29) is 5.56 Å². The van der Waals surface area contributed by atoms with Gasteiger partial charge in [-0.3, -0.25) is 4.79 Å². The predicted molar refractivity (Wildman–Crippen MR) is 70.0 cm³/mol. The number of benzene rings is 1. The Labute approximate surface area is 115 Å². The molecule has 2 aromatic rings. The molecule has 1 heterocycles. The Hall–Kier alpha value is -2.01. The summed E-state index contributed by atoms with van der Waals surface area (Å²) in [5.74, 6) is 1.53. The van der Waals surface area contributed by atoms with E-state index in [1.165, 1.54) is 7.11 Å². The Morgan fingerprint density at radius 1 is 1.32 bits per heavy atom. The minimum Gasteiger partial charge on any atom is -0.497 e. The highest BCUT2D eigenvalue weighted by molar-refractivity contribution is 6.68. The molecule has 0 radical (unpaired) electrons. The standard InChI is InChI=1S/C13H12ClNO4/c1-7-11(13(14)16)12(15-19-7)9-6-8(17-2)4-5-10(9)18-3/h4-6H,1-3H3. The highest BCUT2D eigenvalue weighted by Gasteiger charge is 2.22. The molecule has 0 fully saturated rings. The van der Waals surface area contributed by atoms with E-state index in [0.29, 0.717) is 28.5 Å². The highest BCUT2D eigenvalue weighted by Crippen LogP contribution is 2.36. The predicted octanol–water partition coefficient (Wildman–Crippen LogP) is 3.05. The molecule has 0 aliphatic heterocycles. The lowest BCUT2D eigenvalue weighted by Gasteiger charge is -2.08. The zero-order valence-corrected chi connectivity index (χ0v) is 11.4. The maximum Gasteiger partial charge on any atom is 0.258 e. The Morgan fingerprint density at radius 3 is 2.63 bits per heavy atom. The monoisotopic (exact) mass is 281 g/mol. The molecule has 0 spiro atoms. The molecule has 0 atom stereocenters. The van der Waals surface area contributed by atoms with Crippen molar-refractivity contribution < 1.29 is 18.8 Å². The van der Waals surface area contributed by atoms with Gasteiger partial charge in [-0.2, -0.15) is 0 Å². The van der Waals surface area contributed by atoms with Crippen LogP contribution in [0.1, 0.15) is 16.1 Å². The van der Waals surface area contributed by atoms with E-state index >= 15 is 0 Å². The summed E-state index contributed by atoms with van der Waals surface area (Å²) in [7, 11) is 3.08. The number of aromatic nitrogens is 1. The van der Waals surface area contributed by atoms with Gasteiger partial charge in [-0.1, -0.05) is 5.16 Å². The maximum atomic E-state index is 11.5. The van der Waals surface area contributed by atoms with Crippen molar-refractivity contribution in [3.63, 3.8) is 0 Å². The molecule has 100 valence electrons. The molecule has 0 aliphatic carbocycles. The molecule has 5 nitrogen and oxygen atoms in total. The number of aryl methyl sites for hydroxylation is 1. The molecule has 0 N–H and O–H groups in total. The summed E-state index contributed by atoms with van der Waals surface area (Å²) in [4.78, 5) is 11.5. The third-order valence-electron chi connectivity index (χ3n) is 2.72. The minimum absolute atomic E-state index is 0.230. The fourth-order valence-electron chi connectivity index (χ4n) is 1.79. The van der Waals surface area contributed by atoms with Crippen LogP contribution in [0.4, 0.5) is 0 Å². The van der Waals surface area contributed by atoms with Crippen LogP contribution in [-0.4, -0.2) is 24.6 Å². The number of ether oxygens (including phenoxy) is 2. The molecular formula is C13H12ClNO4. The lowest BCUT2D eigenvalue weighted by atomic mass is 10.1. The van der Waals surface area contributed by atoms with E-state index in [2.05, 4.69) is 5.16 Å². The second kappa shape index (κ2) is 5.32. The van der Waals surface area contributed by atoms with Crippen LogP contribution < -0.4 is 9.47 Å². The van der Waals surface area contributed by atoms with E-state index in [9.17, 15) is 4.79 Å². The lowest BCUT2D eigenvalue weighted by Crippen LogP contribution is -1.96. The number of carbonyl (C=O) groups excluding carboxylic acids is 1. The summed E-state index contributed by atoms with van der Waals surface area (Å²) in [6, 6.07) is 5.18. The van der Waals surface area contributed by atoms with Crippen molar-refractivity contribution in [2.75, 3.05) is 14.2 Å². The summed E-state index contributed by atoms with van der Waals surface area (Å²) in [5.41, 5.74) is 1.16. The minimum atomic E-state index is -0.626. The largest absolute Gasteiger partial charge is 0.497 e. The van der Waals surface area contributed by atoms with Gasteiger partial charge in [0.1, 0.15) is 28.5 Å². The second-order valence-corrected chi connectivity index (χ2v) is 4.15. The second-order valence-electron chi connectivity index (χ2n) is 3.80. The van der Waals surface area contributed by atoms with Crippen molar-refractivity contribution in [2.24, 2.45) is 0 Å². The number of hydrogen-bond acceptors (Lipinski definition) is 5. The summed E-state index contributed by atoms with van der Waals surface area (Å²) >= 11 is 5.56. The lowest BCUT2D eigenvalue weighted by molar-refractivity contribution is 0.108. The summed E-state index contributed by atoms with van der Waals surface area (Å²) in [5, 5.41) is 3.25. The fraction of sp³-hybridized carbons (Fsp3) is 0.231. The number of halogens is 1. The maximum absolute atomic E-state index is 11.5. The molecule has 0 amide bonds. The van der Waals surface area contributed by atoms with Crippen molar-refractivity contribution in [3.8, 4) is 22.8 Å². The van der Waals surface area contributed by atoms with E-state index in [1.54, 1.807) is 32.2 Å². The summed E-state index contributed by atoms with van der Waals surface area (Å²) in [6.07, 6.45) is 0. The van der Waals surface area contributed by atoms with E-state index < -0.39 is 5.24 Å². The van der Waals surface area contributed by atoms with Crippen LogP contribution in [0.5, 0.6) is 11.5 Å². The Morgan fingerprint density at radius 2 is 2.05 bits per heavy atom. The normalized spacial score (nSPS) is 10.3. The van der Waals surface area contributed by atoms with Crippen LogP contribution in [0.25, 0.3) is 11.3 Å². The SMILES string of the molecule is COc1ccc(OC)c(-c2noc(C)c2C(=O)Cl)c1. The molecule has 1 aromatic carbocycles. The number of carbonyl (C=O) groups is 1. The Bertz CT molecular complexity index is 621. The smallest absolute Gasteiger partial charge is 0.258 e. The zero-order chi connectivity index (χ0) is 14.0. The molecular weight excluding hydrogens is 270 g/mol. The molecule has 6 heteroatoms. The van der Waals surface area contributed by atoms with Crippen molar-refractivity contribution in [2.45, 2.75) is 6.92 Å². The molecule has 19 heavy (non-hydrogen) atoms. The van der Waals surface area contributed by atoms with Gasteiger partial charge in [0, 0.05) is 0 Å². The number of methoxy groups -OCH3 is 2. The summed E-state index contributed by atoms with van der Waals surface area (Å²) in [6.45, 7) is 1.62. The molecule has 0 bridgehead atoms. The molecule has 0 saturated carbocycles. The van der Waals surface area contributed by atoms with Crippen LogP contribution in [0.3, 0.4) is 0 Å². The van der Waals surface area contributed by atoms with Gasteiger partial charge < -0.3 is 14.0 Å². The number of hydrogen-bond donors (Lipinski definition) is 0. The van der Waals surface area contributed by atoms with Gasteiger partial charge in [0.15, 0.2) is 0 Å². The van der Waals surface area contributed by atoms with Gasteiger partial charge in [0.25, 0.3) is 5.24 Å². The van der Waals surface area contributed by atoms with Gasteiger partial charge >= 0.3 is 0 Å². The zero-order valence-electron chi connectivity index (χ0n) is 10.7. The van der Waals surface area contributed by atoms with Crippen LogP contribution in [0.2, 0.25) is 0 Å². The van der Waals surface area contributed by atoms with Gasteiger partial charge in [0.2, 0.25) is 0 Å². The average Bonchev–Trinajstić information content (AvgIpc) is 2.79. The topological polar surface area (TPSA) is 61.6 Å². The van der Waals surface area contributed by atoms with Gasteiger partial charge in [-0.25, -0.2) is 0 Å². The third kappa shape index (κ3) is 2.42. The molecule has 0 saturated heterocycles. The molecule has 1 aromatic heterocycles. The first-order chi connectivity index (χ1) is 9.08. The first-order valence-electron chi connectivity index (χ1n) is 5.47. The third-order valence-corrected chi connectivity index (χ3v) is 2.91. The highest BCUT2D eigenvalue weighted by atomic mass is 35.5. The van der Waals surface area contributed by atoms with Crippen molar-refractivity contribution >= 4 is 16.8 Å². The fourth-order valence-corrected chi connectivity index (χ4v) is 2.01. The summed E-state index contributed by atoms with van der Waals surface area (Å²) < 4.78 is 15.4. The van der Waals surface area contributed by atoms with Crippen molar-refractivity contribution in [3.05, 3.63) is 29.5 Å². The number of nitrogens with zero attached hydrogens (tertiary/aromatic N) is 1. The molecule has 0 unspecified atom stereocenters. The molecule has 2 rings (SSSR count). The van der Waals surface area contributed by atoms with Gasteiger partial charge in [-0.05, 0) is 36.7 Å². The number of rotatable bonds is 4. The van der Waals surface area contributed by atoms with Crippen LogP contribution >= 0.6 is 11.6 Å². The van der Waals surface area contributed by atoms with Crippen LogP contribution in [0, 0.1) is 6.92 Å².